The van der Waals surface area contributed by atoms with Crippen LogP contribution in [0.4, 0.5) is 5.82 Å². The number of carbonyl (C=O) groups is 2. The van der Waals surface area contributed by atoms with Gasteiger partial charge < -0.3 is 33.6 Å². The fourth-order valence-electron chi connectivity index (χ4n) is 5.55. The van der Waals surface area contributed by atoms with Gasteiger partial charge in [0.2, 0.25) is 5.91 Å². The van der Waals surface area contributed by atoms with Gasteiger partial charge in [-0.15, -0.1) is 0 Å². The van der Waals surface area contributed by atoms with Gasteiger partial charge in [0.05, 0.1) is 45.6 Å². The molecule has 3 aromatic rings. The van der Waals surface area contributed by atoms with Gasteiger partial charge in [0, 0.05) is 62.7 Å². The van der Waals surface area contributed by atoms with Crippen molar-refractivity contribution in [2.24, 2.45) is 0 Å². The maximum atomic E-state index is 14.2. The van der Waals surface area contributed by atoms with Gasteiger partial charge in [-0.1, -0.05) is 6.07 Å². The molecular formula is C31H38N4O6. The number of anilines is 1. The second-order valence-electron chi connectivity index (χ2n) is 10.2. The Labute approximate surface area is 240 Å². The minimum atomic E-state index is -0.170. The number of carbonyl (C=O) groups excluding carboxylic acids is 2. The first-order valence-corrected chi connectivity index (χ1v) is 14.1. The monoisotopic (exact) mass is 562 g/mol. The number of hydrogen-bond donors (Lipinski definition) is 0. The van der Waals surface area contributed by atoms with Crippen LogP contribution in [0.1, 0.15) is 35.2 Å². The highest BCUT2D eigenvalue weighted by Gasteiger charge is 2.26. The topological polar surface area (TPSA) is 93.7 Å². The van der Waals surface area contributed by atoms with E-state index in [1.165, 1.54) is 7.11 Å². The number of fused-ring (bicyclic) bond motifs is 1. The molecule has 1 aromatic heterocycles. The number of rotatable bonds is 11. The van der Waals surface area contributed by atoms with Crippen LogP contribution in [0, 0.1) is 0 Å². The minimum Gasteiger partial charge on any atom is -0.497 e. The first-order chi connectivity index (χ1) is 20.0. The summed E-state index contributed by atoms with van der Waals surface area (Å²) in [7, 11) is 4.74. The van der Waals surface area contributed by atoms with Crippen molar-refractivity contribution in [3.63, 3.8) is 0 Å². The number of ether oxygens (including phenoxy) is 4. The Morgan fingerprint density at radius 3 is 2.56 bits per heavy atom. The molecule has 2 amide bonds. The van der Waals surface area contributed by atoms with Crippen LogP contribution in [0.2, 0.25) is 0 Å². The Balaban J connectivity index is 1.51. The number of methoxy groups -OCH3 is 3. The molecule has 0 saturated carbocycles. The Kier molecular flexibility index (Phi) is 9.08. The molecule has 218 valence electrons. The molecule has 0 radical (unpaired) electrons. The Hall–Kier alpha value is -4.05. The molecular weight excluding hydrogens is 524 g/mol. The quantitative estimate of drug-likeness (QED) is 0.349. The lowest BCUT2D eigenvalue weighted by molar-refractivity contribution is -0.127. The van der Waals surface area contributed by atoms with Gasteiger partial charge in [-0.25, -0.2) is 4.98 Å². The average molecular weight is 563 g/mol. The van der Waals surface area contributed by atoms with Crippen LogP contribution < -0.4 is 19.1 Å². The number of morpholine rings is 1. The summed E-state index contributed by atoms with van der Waals surface area (Å²) >= 11 is 0. The number of pyridine rings is 1. The molecule has 0 atom stereocenters. The lowest BCUT2D eigenvalue weighted by Gasteiger charge is -2.32. The summed E-state index contributed by atoms with van der Waals surface area (Å²) in [5.74, 6) is 2.48. The SMILES string of the molecule is COc1ccc2cc(CN(CCCN3CCCC3=O)C(=O)c3cccc(OC)c3OC)c(N3CCOCC3)nc2c1. The first-order valence-electron chi connectivity index (χ1n) is 14.1. The molecule has 2 aliphatic rings. The molecule has 2 aliphatic heterocycles. The van der Waals surface area contributed by atoms with Crippen LogP contribution in [0.15, 0.2) is 42.5 Å². The van der Waals surface area contributed by atoms with Crippen molar-refractivity contribution in [2.45, 2.75) is 25.8 Å². The lowest BCUT2D eigenvalue weighted by Crippen LogP contribution is -2.39. The average Bonchev–Trinajstić information content (AvgIpc) is 3.43. The van der Waals surface area contributed by atoms with Crippen molar-refractivity contribution in [2.75, 3.05) is 72.2 Å². The van der Waals surface area contributed by atoms with Crippen molar-refractivity contribution < 1.29 is 28.5 Å². The maximum absolute atomic E-state index is 14.2. The zero-order chi connectivity index (χ0) is 28.8. The lowest BCUT2D eigenvalue weighted by atomic mass is 10.1. The molecule has 2 aromatic carbocycles. The van der Waals surface area contributed by atoms with Crippen molar-refractivity contribution in [3.8, 4) is 17.2 Å². The van der Waals surface area contributed by atoms with Gasteiger partial charge in [-0.05, 0) is 43.2 Å². The summed E-state index contributed by atoms with van der Waals surface area (Å²) < 4.78 is 22.1. The molecule has 3 heterocycles. The largest absolute Gasteiger partial charge is 0.497 e. The van der Waals surface area contributed by atoms with Crippen LogP contribution >= 0.6 is 0 Å². The van der Waals surface area contributed by atoms with Crippen LogP contribution in [0.5, 0.6) is 17.2 Å². The fourth-order valence-corrected chi connectivity index (χ4v) is 5.55. The zero-order valence-electron chi connectivity index (χ0n) is 24.1. The highest BCUT2D eigenvalue weighted by molar-refractivity contribution is 5.98. The number of para-hydroxylation sites is 1. The molecule has 10 heteroatoms. The maximum Gasteiger partial charge on any atom is 0.258 e. The number of amides is 2. The number of hydrogen-bond acceptors (Lipinski definition) is 8. The van der Waals surface area contributed by atoms with E-state index in [-0.39, 0.29) is 11.8 Å². The third-order valence-corrected chi connectivity index (χ3v) is 7.70. The standard InChI is InChI=1S/C31H38N4O6/c1-38-24-11-10-22-19-23(30(32-26(22)20-24)34-15-17-41-18-16-34)21-35(14-6-13-33-12-5-9-28(33)36)31(37)25-7-4-8-27(39-2)29(25)40-3/h4,7-8,10-11,19-20H,5-6,9,12-18,21H2,1-3H3. The van der Waals surface area contributed by atoms with E-state index in [9.17, 15) is 9.59 Å². The molecule has 2 fully saturated rings. The van der Waals surface area contributed by atoms with E-state index in [0.717, 1.165) is 41.0 Å². The Morgan fingerprint density at radius 1 is 1.02 bits per heavy atom. The van der Waals surface area contributed by atoms with Crippen molar-refractivity contribution >= 4 is 28.5 Å². The van der Waals surface area contributed by atoms with Gasteiger partial charge in [0.25, 0.3) is 5.91 Å². The summed E-state index contributed by atoms with van der Waals surface area (Å²) in [5.41, 5.74) is 2.20. The van der Waals surface area contributed by atoms with Crippen molar-refractivity contribution in [3.05, 3.63) is 53.6 Å². The molecule has 10 nitrogen and oxygen atoms in total. The normalized spacial score (nSPS) is 15.3. The van der Waals surface area contributed by atoms with Crippen molar-refractivity contribution in [1.82, 2.24) is 14.8 Å². The highest BCUT2D eigenvalue weighted by Crippen LogP contribution is 2.33. The van der Waals surface area contributed by atoms with E-state index in [1.807, 2.05) is 28.0 Å². The zero-order valence-corrected chi connectivity index (χ0v) is 24.1. The van der Waals surface area contributed by atoms with Gasteiger partial charge >= 0.3 is 0 Å². The first kappa shape index (κ1) is 28.5. The van der Waals surface area contributed by atoms with Gasteiger partial charge in [0.15, 0.2) is 11.5 Å². The molecule has 41 heavy (non-hydrogen) atoms. The third-order valence-electron chi connectivity index (χ3n) is 7.70. The minimum absolute atomic E-state index is 0.170. The highest BCUT2D eigenvalue weighted by atomic mass is 16.5. The predicted molar refractivity (Wildman–Crippen MR) is 156 cm³/mol. The fraction of sp³-hybridized carbons (Fsp3) is 0.452. The summed E-state index contributed by atoms with van der Waals surface area (Å²) in [6, 6.07) is 13.3. The van der Waals surface area contributed by atoms with E-state index in [2.05, 4.69) is 11.0 Å². The smallest absolute Gasteiger partial charge is 0.258 e. The van der Waals surface area contributed by atoms with E-state index in [1.54, 1.807) is 32.4 Å². The molecule has 2 saturated heterocycles. The molecule has 0 spiro atoms. The van der Waals surface area contributed by atoms with E-state index >= 15 is 0 Å². The van der Waals surface area contributed by atoms with Gasteiger partial charge in [-0.3, -0.25) is 9.59 Å². The summed E-state index contributed by atoms with van der Waals surface area (Å²) in [5, 5.41) is 0.965. The van der Waals surface area contributed by atoms with Crippen LogP contribution in [0.25, 0.3) is 10.9 Å². The molecule has 0 N–H and O–H groups in total. The summed E-state index contributed by atoms with van der Waals surface area (Å²) in [6.07, 6.45) is 2.15. The van der Waals surface area contributed by atoms with E-state index < -0.39 is 0 Å². The molecule has 0 bridgehead atoms. The van der Waals surface area contributed by atoms with E-state index in [0.29, 0.717) is 75.8 Å². The van der Waals surface area contributed by atoms with Gasteiger partial charge in [-0.2, -0.15) is 0 Å². The number of likely N-dealkylation sites (tertiary alicyclic amines) is 1. The Bertz CT molecular complexity index is 1390. The predicted octanol–water partition coefficient (Wildman–Crippen LogP) is 3.75. The summed E-state index contributed by atoms with van der Waals surface area (Å²) in [6.45, 7) is 4.85. The van der Waals surface area contributed by atoms with Crippen molar-refractivity contribution in [1.29, 1.82) is 0 Å². The second kappa shape index (κ2) is 13.1. The summed E-state index contributed by atoms with van der Waals surface area (Å²) in [4.78, 5) is 37.4. The van der Waals surface area contributed by atoms with Crippen LogP contribution in [-0.4, -0.2) is 93.9 Å². The number of benzene rings is 2. The second-order valence-corrected chi connectivity index (χ2v) is 10.2. The van der Waals surface area contributed by atoms with Crippen LogP contribution in [-0.2, 0) is 16.1 Å². The molecule has 0 aliphatic carbocycles. The molecule has 0 unspecified atom stereocenters. The number of nitrogens with zero attached hydrogens (tertiary/aromatic N) is 4. The number of aromatic nitrogens is 1. The van der Waals surface area contributed by atoms with Gasteiger partial charge in [0.1, 0.15) is 11.6 Å². The molecule has 5 rings (SSSR count). The third kappa shape index (κ3) is 6.32. The van der Waals surface area contributed by atoms with E-state index in [4.69, 9.17) is 23.9 Å². The van der Waals surface area contributed by atoms with Crippen LogP contribution in [0.3, 0.4) is 0 Å². The Morgan fingerprint density at radius 2 is 1.85 bits per heavy atom.